The van der Waals surface area contributed by atoms with Gasteiger partial charge in [0.25, 0.3) is 5.91 Å². The molecular weight excluding hydrogens is 454 g/mol. The highest BCUT2D eigenvalue weighted by Crippen LogP contribution is 2.27. The smallest absolute Gasteiger partial charge is 0.259 e. The van der Waals surface area contributed by atoms with Crippen molar-refractivity contribution in [2.45, 2.75) is 18.6 Å². The molecule has 1 aliphatic rings. The topological polar surface area (TPSA) is 114 Å². The molecule has 1 fully saturated rings. The Morgan fingerprint density at radius 3 is 2.72 bits per heavy atom. The van der Waals surface area contributed by atoms with Gasteiger partial charge in [0, 0.05) is 32.3 Å². The van der Waals surface area contributed by atoms with E-state index in [2.05, 4.69) is 35.9 Å². The number of amides is 1. The molecule has 2 N–H and O–H groups in total. The second kappa shape index (κ2) is 10.1. The van der Waals surface area contributed by atoms with Gasteiger partial charge < -0.3 is 19.7 Å². The molecule has 3 aromatic rings. The number of ether oxygens (including phenoxy) is 2. The first-order valence-corrected chi connectivity index (χ1v) is 11.1. The summed E-state index contributed by atoms with van der Waals surface area (Å²) in [6.45, 7) is 1.56. The van der Waals surface area contributed by atoms with E-state index in [0.29, 0.717) is 26.6 Å². The maximum Gasteiger partial charge on any atom is 0.259 e. The second-order valence-electron chi connectivity index (χ2n) is 7.10. The van der Waals surface area contributed by atoms with Gasteiger partial charge in [0.05, 0.1) is 18.3 Å². The van der Waals surface area contributed by atoms with Gasteiger partial charge in [-0.2, -0.15) is 5.10 Å². The first kappa shape index (κ1) is 22.2. The Bertz CT molecular complexity index is 1070. The fourth-order valence-electron chi connectivity index (χ4n) is 3.42. The van der Waals surface area contributed by atoms with Gasteiger partial charge in [-0.3, -0.25) is 10.1 Å². The van der Waals surface area contributed by atoms with Crippen LogP contribution in [-0.2, 0) is 9.53 Å². The summed E-state index contributed by atoms with van der Waals surface area (Å²) in [5, 5.41) is 24.0. The van der Waals surface area contributed by atoms with Gasteiger partial charge in [0.1, 0.15) is 5.75 Å². The molecule has 1 aliphatic heterocycles. The highest BCUT2D eigenvalue weighted by Gasteiger charge is 2.26. The van der Waals surface area contributed by atoms with E-state index in [1.165, 1.54) is 24.6 Å². The number of anilines is 3. The number of hydrogen-bond acceptors (Lipinski definition) is 10. The monoisotopic (exact) mass is 475 g/mol. The van der Waals surface area contributed by atoms with Gasteiger partial charge in [-0.05, 0) is 24.1 Å². The molecule has 2 aromatic heterocycles. The van der Waals surface area contributed by atoms with Crippen LogP contribution in [0.4, 0.5) is 16.1 Å². The molecule has 0 aliphatic carbocycles. The van der Waals surface area contributed by atoms with Crippen LogP contribution in [0.3, 0.4) is 0 Å². The fourth-order valence-corrected chi connectivity index (χ4v) is 4.29. The normalized spacial score (nSPS) is 16.6. The summed E-state index contributed by atoms with van der Waals surface area (Å²) in [5.74, 6) is 1.12. The largest absolute Gasteiger partial charge is 0.497 e. The van der Waals surface area contributed by atoms with Crippen molar-refractivity contribution in [2.24, 2.45) is 0 Å². The van der Waals surface area contributed by atoms with Crippen LogP contribution in [0.5, 0.6) is 5.75 Å². The van der Waals surface area contributed by atoms with Crippen LogP contribution in [0.2, 0.25) is 5.02 Å². The Labute approximate surface area is 193 Å². The highest BCUT2D eigenvalue weighted by molar-refractivity contribution is 7.19. The van der Waals surface area contributed by atoms with E-state index in [0.717, 1.165) is 25.3 Å². The molecule has 2 atom stereocenters. The Morgan fingerprint density at radius 1 is 1.22 bits per heavy atom. The molecule has 0 saturated carbocycles. The van der Waals surface area contributed by atoms with E-state index in [1.54, 1.807) is 37.4 Å². The minimum Gasteiger partial charge on any atom is -0.497 e. The predicted molar refractivity (Wildman–Crippen MR) is 123 cm³/mol. The lowest BCUT2D eigenvalue weighted by atomic mass is 10.1. The minimum atomic E-state index is -0.775. The van der Waals surface area contributed by atoms with Crippen LogP contribution in [0, 0.1) is 0 Å². The lowest BCUT2D eigenvalue weighted by molar-refractivity contribution is -0.126. The van der Waals surface area contributed by atoms with E-state index < -0.39 is 6.10 Å². The molecule has 0 unspecified atom stereocenters. The van der Waals surface area contributed by atoms with Gasteiger partial charge in [-0.15, -0.1) is 15.3 Å². The zero-order chi connectivity index (χ0) is 22.5. The summed E-state index contributed by atoms with van der Waals surface area (Å²) in [5.41, 5.74) is 0.712. The van der Waals surface area contributed by atoms with Crippen molar-refractivity contribution in [3.05, 3.63) is 47.1 Å². The molecule has 168 valence electrons. The van der Waals surface area contributed by atoms with Crippen molar-refractivity contribution < 1.29 is 14.3 Å². The van der Waals surface area contributed by atoms with Gasteiger partial charge in [0.15, 0.2) is 11.9 Å². The molecule has 0 radical (unpaired) electrons. The van der Waals surface area contributed by atoms with E-state index in [4.69, 9.17) is 21.1 Å². The molecule has 12 heteroatoms. The number of aromatic nitrogens is 4. The van der Waals surface area contributed by atoms with Crippen LogP contribution in [-0.4, -0.2) is 59.7 Å². The van der Waals surface area contributed by atoms with E-state index in [-0.39, 0.29) is 11.9 Å². The lowest BCUT2D eigenvalue weighted by Crippen LogP contribution is -2.26. The van der Waals surface area contributed by atoms with Crippen LogP contribution < -0.4 is 20.3 Å². The third-order valence-corrected chi connectivity index (χ3v) is 5.97. The zero-order valence-corrected chi connectivity index (χ0v) is 19.1. The maximum atomic E-state index is 12.7. The Hall–Kier alpha value is -3.02. The number of nitrogens with one attached hydrogen (secondary N) is 2. The number of methoxy groups -OCH3 is 2. The Balaban J connectivity index is 1.33. The van der Waals surface area contributed by atoms with Crippen LogP contribution >= 0.6 is 22.9 Å². The van der Waals surface area contributed by atoms with E-state index in [9.17, 15) is 4.79 Å². The quantitative estimate of drug-likeness (QED) is 0.507. The summed E-state index contributed by atoms with van der Waals surface area (Å²) in [6, 6.07) is 9.09. The highest BCUT2D eigenvalue weighted by atomic mass is 35.5. The number of nitrogens with zero attached hydrogens (tertiary/aromatic N) is 5. The zero-order valence-electron chi connectivity index (χ0n) is 17.5. The minimum absolute atomic E-state index is 0.165. The first-order valence-electron chi connectivity index (χ1n) is 9.86. The predicted octanol–water partition coefficient (Wildman–Crippen LogP) is 3.01. The molecule has 32 heavy (non-hydrogen) atoms. The Morgan fingerprint density at radius 2 is 2.00 bits per heavy atom. The van der Waals surface area contributed by atoms with Crippen LogP contribution in [0.1, 0.15) is 18.1 Å². The van der Waals surface area contributed by atoms with Crippen molar-refractivity contribution in [3.63, 3.8) is 0 Å². The fraction of sp³-hybridized carbons (Fsp3) is 0.350. The maximum absolute atomic E-state index is 12.7. The van der Waals surface area contributed by atoms with Gasteiger partial charge >= 0.3 is 0 Å². The Kier molecular flexibility index (Phi) is 6.98. The molecule has 0 bridgehead atoms. The summed E-state index contributed by atoms with van der Waals surface area (Å²) < 4.78 is 10.5. The lowest BCUT2D eigenvalue weighted by Gasteiger charge is -2.17. The molecule has 4 rings (SSSR count). The average molecular weight is 476 g/mol. The van der Waals surface area contributed by atoms with Crippen molar-refractivity contribution in [1.29, 1.82) is 0 Å². The number of hydrogen-bond donors (Lipinski definition) is 2. The first-order chi connectivity index (χ1) is 15.6. The van der Waals surface area contributed by atoms with E-state index in [1.807, 2.05) is 0 Å². The third-order valence-electron chi connectivity index (χ3n) is 5.00. The van der Waals surface area contributed by atoms with Crippen molar-refractivity contribution in [3.8, 4) is 5.75 Å². The van der Waals surface area contributed by atoms with Gasteiger partial charge in [0.2, 0.25) is 10.3 Å². The third kappa shape index (κ3) is 5.23. The molecule has 3 heterocycles. The van der Waals surface area contributed by atoms with Crippen molar-refractivity contribution in [1.82, 2.24) is 20.4 Å². The molecule has 1 aromatic carbocycles. The van der Waals surface area contributed by atoms with Crippen LogP contribution in [0.15, 0.2) is 36.5 Å². The number of halogens is 1. The summed E-state index contributed by atoms with van der Waals surface area (Å²) in [7, 11) is 3.07. The molecule has 1 amide bonds. The van der Waals surface area contributed by atoms with Crippen LogP contribution in [0.25, 0.3) is 0 Å². The standard InChI is InChI=1S/C20H22ClN7O3S/c1-30-15-5-3-12(4-6-15)17(31-2)18(29)24-20-27-26-19(32-20)23-14-7-8-28(11-14)16-9-13(21)10-22-25-16/h3-6,9-10,14,17H,7-8,11H2,1-2H3,(H,23,26)(H,24,27,29)/t14-,17+/m1/s1. The van der Waals surface area contributed by atoms with Gasteiger partial charge in [-0.1, -0.05) is 35.1 Å². The summed E-state index contributed by atoms with van der Waals surface area (Å²) in [6.07, 6.45) is 1.64. The molecule has 1 saturated heterocycles. The number of benzene rings is 1. The number of carbonyl (C=O) groups excluding carboxylic acids is 1. The van der Waals surface area contributed by atoms with Crippen molar-refractivity contribution in [2.75, 3.05) is 42.8 Å². The molecular formula is C20H22ClN7O3S. The average Bonchev–Trinajstić information content (AvgIpc) is 3.44. The van der Waals surface area contributed by atoms with E-state index >= 15 is 0 Å². The summed E-state index contributed by atoms with van der Waals surface area (Å²) >= 11 is 7.28. The second-order valence-corrected chi connectivity index (χ2v) is 8.51. The molecule has 0 spiro atoms. The van der Waals surface area contributed by atoms with Gasteiger partial charge in [-0.25, -0.2) is 0 Å². The number of rotatable bonds is 8. The van der Waals surface area contributed by atoms with Crippen molar-refractivity contribution >= 4 is 44.9 Å². The SMILES string of the molecule is COc1ccc([C@H](OC)C(=O)Nc2nnc(N[C@@H]3CCN(c4cc(Cl)cnn4)C3)s2)cc1. The molecule has 10 nitrogen and oxygen atoms in total. The summed E-state index contributed by atoms with van der Waals surface area (Å²) in [4.78, 5) is 14.8. The number of carbonyl (C=O) groups is 1.